The Morgan fingerprint density at radius 3 is 2.67 bits per heavy atom. The average molecular weight is 212 g/mol. The standard InChI is InChI=1S/C12H24N2O/c1-9(2)8-11(13)12(15)14-7-3-4-10-5-6-10/h9-11H,3-8,13H2,1-2H3,(H,14,15)/t11-/m1/s1. The molecule has 0 bridgehead atoms. The third kappa shape index (κ3) is 5.78. The van der Waals surface area contributed by atoms with Crippen molar-refractivity contribution in [1.82, 2.24) is 5.32 Å². The van der Waals surface area contributed by atoms with Crippen molar-refractivity contribution in [2.24, 2.45) is 17.6 Å². The van der Waals surface area contributed by atoms with Crippen LogP contribution in [-0.2, 0) is 4.79 Å². The van der Waals surface area contributed by atoms with Crippen molar-refractivity contribution in [3.05, 3.63) is 0 Å². The number of carbonyl (C=O) groups excluding carboxylic acids is 1. The molecule has 0 spiro atoms. The van der Waals surface area contributed by atoms with Crippen LogP contribution in [0.5, 0.6) is 0 Å². The summed E-state index contributed by atoms with van der Waals surface area (Å²) in [5.74, 6) is 1.45. The number of hydrogen-bond acceptors (Lipinski definition) is 2. The lowest BCUT2D eigenvalue weighted by molar-refractivity contribution is -0.122. The van der Waals surface area contributed by atoms with Crippen LogP contribution in [0.2, 0.25) is 0 Å². The zero-order valence-electron chi connectivity index (χ0n) is 9.96. The Balaban J connectivity index is 2.00. The molecule has 1 amide bonds. The Kier molecular flexibility index (Phi) is 5.09. The van der Waals surface area contributed by atoms with Crippen molar-refractivity contribution < 1.29 is 4.79 Å². The first kappa shape index (κ1) is 12.5. The van der Waals surface area contributed by atoms with Crippen LogP contribution < -0.4 is 11.1 Å². The molecule has 3 N–H and O–H groups in total. The lowest BCUT2D eigenvalue weighted by atomic mass is 10.0. The Hall–Kier alpha value is -0.570. The second-order valence-electron chi connectivity index (χ2n) is 5.11. The summed E-state index contributed by atoms with van der Waals surface area (Å²) in [5.41, 5.74) is 5.76. The van der Waals surface area contributed by atoms with Crippen LogP contribution in [0.1, 0.15) is 46.0 Å². The lowest BCUT2D eigenvalue weighted by Gasteiger charge is -2.13. The number of carbonyl (C=O) groups is 1. The highest BCUT2D eigenvalue weighted by Gasteiger charge is 2.20. The predicted octanol–water partition coefficient (Wildman–Crippen LogP) is 1.67. The van der Waals surface area contributed by atoms with E-state index in [1.807, 2.05) is 0 Å². The molecule has 1 aliphatic carbocycles. The summed E-state index contributed by atoms with van der Waals surface area (Å²) in [6.07, 6.45) is 5.92. The van der Waals surface area contributed by atoms with Gasteiger partial charge in [-0.05, 0) is 31.1 Å². The van der Waals surface area contributed by atoms with Gasteiger partial charge < -0.3 is 11.1 Å². The maximum absolute atomic E-state index is 11.5. The highest BCUT2D eigenvalue weighted by atomic mass is 16.2. The Bertz CT molecular complexity index is 200. The molecule has 15 heavy (non-hydrogen) atoms. The Morgan fingerprint density at radius 2 is 2.13 bits per heavy atom. The van der Waals surface area contributed by atoms with E-state index in [9.17, 15) is 4.79 Å². The molecule has 0 unspecified atom stereocenters. The van der Waals surface area contributed by atoms with Gasteiger partial charge in [0.2, 0.25) is 5.91 Å². The van der Waals surface area contributed by atoms with E-state index in [0.29, 0.717) is 5.92 Å². The van der Waals surface area contributed by atoms with Gasteiger partial charge in [-0.3, -0.25) is 4.79 Å². The summed E-state index contributed by atoms with van der Waals surface area (Å²) in [4.78, 5) is 11.5. The van der Waals surface area contributed by atoms with Crippen LogP contribution in [0.15, 0.2) is 0 Å². The molecule has 0 heterocycles. The van der Waals surface area contributed by atoms with Gasteiger partial charge in [0.25, 0.3) is 0 Å². The van der Waals surface area contributed by atoms with Gasteiger partial charge in [0.1, 0.15) is 0 Å². The van der Waals surface area contributed by atoms with E-state index < -0.39 is 0 Å². The van der Waals surface area contributed by atoms with E-state index >= 15 is 0 Å². The quantitative estimate of drug-likeness (QED) is 0.631. The Labute approximate surface area is 92.8 Å². The van der Waals surface area contributed by atoms with Crippen LogP contribution in [0.4, 0.5) is 0 Å². The predicted molar refractivity (Wildman–Crippen MR) is 62.4 cm³/mol. The maximum atomic E-state index is 11.5. The zero-order valence-corrected chi connectivity index (χ0v) is 9.96. The molecule has 0 aromatic rings. The van der Waals surface area contributed by atoms with Crippen molar-refractivity contribution in [3.8, 4) is 0 Å². The van der Waals surface area contributed by atoms with E-state index in [1.54, 1.807) is 0 Å². The van der Waals surface area contributed by atoms with Crippen molar-refractivity contribution >= 4 is 5.91 Å². The second kappa shape index (κ2) is 6.11. The highest BCUT2D eigenvalue weighted by molar-refractivity contribution is 5.81. The van der Waals surface area contributed by atoms with Gasteiger partial charge >= 0.3 is 0 Å². The molecule has 1 saturated carbocycles. The van der Waals surface area contributed by atoms with E-state index in [-0.39, 0.29) is 11.9 Å². The normalized spacial score (nSPS) is 17.9. The molecule has 1 rings (SSSR count). The molecule has 3 nitrogen and oxygen atoms in total. The van der Waals surface area contributed by atoms with Gasteiger partial charge in [-0.1, -0.05) is 26.7 Å². The minimum atomic E-state index is -0.328. The fourth-order valence-electron chi connectivity index (χ4n) is 1.75. The van der Waals surface area contributed by atoms with E-state index in [0.717, 1.165) is 25.3 Å². The zero-order chi connectivity index (χ0) is 11.3. The molecule has 0 aromatic carbocycles. The van der Waals surface area contributed by atoms with E-state index in [4.69, 9.17) is 5.73 Å². The molecular formula is C12H24N2O. The molecule has 88 valence electrons. The smallest absolute Gasteiger partial charge is 0.236 e. The van der Waals surface area contributed by atoms with Crippen molar-refractivity contribution in [2.45, 2.75) is 52.0 Å². The first-order chi connectivity index (χ1) is 7.09. The third-order valence-electron chi connectivity index (χ3n) is 2.85. The lowest BCUT2D eigenvalue weighted by Crippen LogP contribution is -2.41. The summed E-state index contributed by atoms with van der Waals surface area (Å²) in [6, 6.07) is -0.328. The molecule has 0 aromatic heterocycles. The van der Waals surface area contributed by atoms with Crippen LogP contribution in [0, 0.1) is 11.8 Å². The minimum Gasteiger partial charge on any atom is -0.355 e. The molecule has 0 radical (unpaired) electrons. The number of hydrogen-bond donors (Lipinski definition) is 2. The average Bonchev–Trinajstić information content (AvgIpc) is 2.94. The monoisotopic (exact) mass is 212 g/mol. The van der Waals surface area contributed by atoms with E-state index in [1.165, 1.54) is 19.3 Å². The van der Waals surface area contributed by atoms with Crippen LogP contribution in [0.25, 0.3) is 0 Å². The van der Waals surface area contributed by atoms with Crippen LogP contribution in [-0.4, -0.2) is 18.5 Å². The number of nitrogens with one attached hydrogen (secondary N) is 1. The first-order valence-electron chi connectivity index (χ1n) is 6.13. The summed E-state index contributed by atoms with van der Waals surface area (Å²) in [6.45, 7) is 4.96. The molecule has 3 heteroatoms. The largest absolute Gasteiger partial charge is 0.355 e. The van der Waals surface area contributed by atoms with Gasteiger partial charge in [-0.25, -0.2) is 0 Å². The molecule has 0 aliphatic heterocycles. The van der Waals surface area contributed by atoms with Gasteiger partial charge in [0.05, 0.1) is 6.04 Å². The van der Waals surface area contributed by atoms with E-state index in [2.05, 4.69) is 19.2 Å². The fraction of sp³-hybridized carbons (Fsp3) is 0.917. The SMILES string of the molecule is CC(C)C[C@@H](N)C(=O)NCCCC1CC1. The summed E-state index contributed by atoms with van der Waals surface area (Å²) in [7, 11) is 0. The molecular weight excluding hydrogens is 188 g/mol. The van der Waals surface area contributed by atoms with Crippen LogP contribution in [0.3, 0.4) is 0 Å². The Morgan fingerprint density at radius 1 is 1.47 bits per heavy atom. The third-order valence-corrected chi connectivity index (χ3v) is 2.85. The van der Waals surface area contributed by atoms with Crippen LogP contribution >= 0.6 is 0 Å². The molecule has 1 aliphatic rings. The van der Waals surface area contributed by atoms with Gasteiger partial charge in [0, 0.05) is 6.54 Å². The van der Waals surface area contributed by atoms with Gasteiger partial charge in [-0.15, -0.1) is 0 Å². The maximum Gasteiger partial charge on any atom is 0.236 e. The number of rotatable bonds is 7. The van der Waals surface area contributed by atoms with Gasteiger partial charge in [0.15, 0.2) is 0 Å². The molecule has 1 atom stereocenters. The number of nitrogens with two attached hydrogens (primary N) is 1. The second-order valence-corrected chi connectivity index (χ2v) is 5.11. The minimum absolute atomic E-state index is 0.0134. The number of amides is 1. The topological polar surface area (TPSA) is 55.1 Å². The van der Waals surface area contributed by atoms with Crippen molar-refractivity contribution in [3.63, 3.8) is 0 Å². The summed E-state index contributed by atoms with van der Waals surface area (Å²) in [5, 5.41) is 2.91. The van der Waals surface area contributed by atoms with Gasteiger partial charge in [-0.2, -0.15) is 0 Å². The van der Waals surface area contributed by atoms with Crippen molar-refractivity contribution in [2.75, 3.05) is 6.54 Å². The summed E-state index contributed by atoms with van der Waals surface area (Å²) >= 11 is 0. The fourth-order valence-corrected chi connectivity index (χ4v) is 1.75. The molecule has 1 fully saturated rings. The highest BCUT2D eigenvalue weighted by Crippen LogP contribution is 2.33. The van der Waals surface area contributed by atoms with Crippen molar-refractivity contribution in [1.29, 1.82) is 0 Å². The summed E-state index contributed by atoms with van der Waals surface area (Å²) < 4.78 is 0. The molecule has 0 saturated heterocycles. The first-order valence-corrected chi connectivity index (χ1v) is 6.13.